The van der Waals surface area contributed by atoms with Crippen molar-refractivity contribution in [1.82, 2.24) is 0 Å². The van der Waals surface area contributed by atoms with Crippen LogP contribution in [0.2, 0.25) is 0 Å². The minimum absolute atomic E-state index is 0.0425. The van der Waals surface area contributed by atoms with Crippen LogP contribution in [0.3, 0.4) is 0 Å². The fraction of sp³-hybridized carbons (Fsp3) is 0.200. The fourth-order valence-corrected chi connectivity index (χ4v) is 1.20. The standard InChI is InChI=1S/C10H10N4O4/c11-4-6-3-7(14(17)18)1-2-8(6)13-5-9(15)10(12)16/h1-3,9,13,15H,5H2,(H2,12,16). The zero-order chi connectivity index (χ0) is 13.7. The zero-order valence-electron chi connectivity index (χ0n) is 9.16. The Bertz CT molecular complexity index is 523. The molecule has 0 radical (unpaired) electrons. The van der Waals surface area contributed by atoms with Crippen LogP contribution in [0.1, 0.15) is 5.56 Å². The van der Waals surface area contributed by atoms with Gasteiger partial charge in [-0.05, 0) is 6.07 Å². The lowest BCUT2D eigenvalue weighted by Gasteiger charge is -2.10. The maximum Gasteiger partial charge on any atom is 0.270 e. The molecule has 1 amide bonds. The Morgan fingerprint density at radius 2 is 2.33 bits per heavy atom. The van der Waals surface area contributed by atoms with Crippen LogP contribution in [0.4, 0.5) is 11.4 Å². The molecule has 4 N–H and O–H groups in total. The minimum atomic E-state index is -1.40. The van der Waals surface area contributed by atoms with Crippen molar-refractivity contribution in [3.05, 3.63) is 33.9 Å². The number of hydrogen-bond donors (Lipinski definition) is 3. The van der Waals surface area contributed by atoms with Crippen LogP contribution < -0.4 is 11.1 Å². The second-order valence-electron chi connectivity index (χ2n) is 3.40. The third kappa shape index (κ3) is 3.16. The van der Waals surface area contributed by atoms with E-state index in [1.807, 2.05) is 0 Å². The van der Waals surface area contributed by atoms with Crippen molar-refractivity contribution in [2.24, 2.45) is 5.73 Å². The molecule has 0 aliphatic heterocycles. The van der Waals surface area contributed by atoms with Crippen molar-refractivity contribution in [3.8, 4) is 6.07 Å². The van der Waals surface area contributed by atoms with Crippen LogP contribution >= 0.6 is 0 Å². The van der Waals surface area contributed by atoms with E-state index in [1.165, 1.54) is 12.1 Å². The molecule has 0 heterocycles. The second kappa shape index (κ2) is 5.60. The third-order valence-electron chi connectivity index (χ3n) is 2.15. The van der Waals surface area contributed by atoms with Gasteiger partial charge in [-0.1, -0.05) is 0 Å². The maximum absolute atomic E-state index is 10.6. The summed E-state index contributed by atoms with van der Waals surface area (Å²) in [6.07, 6.45) is -1.40. The summed E-state index contributed by atoms with van der Waals surface area (Å²) in [5, 5.41) is 31.1. The first-order valence-electron chi connectivity index (χ1n) is 4.85. The van der Waals surface area contributed by atoms with Gasteiger partial charge in [0, 0.05) is 18.7 Å². The quantitative estimate of drug-likeness (QED) is 0.484. The number of aliphatic hydroxyl groups is 1. The number of nitro benzene ring substituents is 1. The number of nitrogens with one attached hydrogen (secondary N) is 1. The van der Waals surface area contributed by atoms with E-state index < -0.39 is 16.9 Å². The Morgan fingerprint density at radius 3 is 2.83 bits per heavy atom. The zero-order valence-corrected chi connectivity index (χ0v) is 9.16. The van der Waals surface area contributed by atoms with Crippen LogP contribution in [-0.2, 0) is 4.79 Å². The number of primary amides is 1. The summed E-state index contributed by atoms with van der Waals surface area (Å²) in [6, 6.07) is 5.41. The molecule has 94 valence electrons. The molecule has 1 rings (SSSR count). The molecular formula is C10H10N4O4. The van der Waals surface area contributed by atoms with E-state index in [-0.39, 0.29) is 23.5 Å². The van der Waals surface area contributed by atoms with Gasteiger partial charge in [-0.3, -0.25) is 14.9 Å². The van der Waals surface area contributed by atoms with Crippen LogP contribution in [0.5, 0.6) is 0 Å². The summed E-state index contributed by atoms with van der Waals surface area (Å²) < 4.78 is 0. The molecule has 0 saturated heterocycles. The molecule has 1 atom stereocenters. The number of amides is 1. The lowest BCUT2D eigenvalue weighted by molar-refractivity contribution is -0.384. The maximum atomic E-state index is 10.6. The third-order valence-corrected chi connectivity index (χ3v) is 2.15. The highest BCUT2D eigenvalue weighted by molar-refractivity contribution is 5.79. The molecule has 8 nitrogen and oxygen atoms in total. The van der Waals surface area contributed by atoms with Gasteiger partial charge < -0.3 is 16.2 Å². The first-order chi connectivity index (χ1) is 8.45. The molecule has 18 heavy (non-hydrogen) atoms. The minimum Gasteiger partial charge on any atom is -0.381 e. The number of nitriles is 1. The number of anilines is 1. The SMILES string of the molecule is N#Cc1cc([N+](=O)[O-])ccc1NCC(O)C(N)=O. The predicted molar refractivity (Wildman–Crippen MR) is 61.5 cm³/mol. The number of aliphatic hydroxyl groups excluding tert-OH is 1. The Morgan fingerprint density at radius 1 is 1.67 bits per heavy atom. The largest absolute Gasteiger partial charge is 0.381 e. The predicted octanol–water partition coefficient (Wildman–Crippen LogP) is -0.275. The molecule has 0 aliphatic rings. The Kier molecular flexibility index (Phi) is 4.17. The normalized spacial score (nSPS) is 11.3. The summed E-state index contributed by atoms with van der Waals surface area (Å²) in [7, 11) is 0. The van der Waals surface area contributed by atoms with Crippen molar-refractivity contribution < 1.29 is 14.8 Å². The van der Waals surface area contributed by atoms with E-state index in [0.29, 0.717) is 0 Å². The molecule has 1 unspecified atom stereocenters. The number of nitrogens with zero attached hydrogens (tertiary/aromatic N) is 2. The van der Waals surface area contributed by atoms with Gasteiger partial charge in [-0.25, -0.2) is 0 Å². The number of rotatable bonds is 5. The Hall–Kier alpha value is -2.66. The van der Waals surface area contributed by atoms with Gasteiger partial charge in [0.2, 0.25) is 5.91 Å². The molecule has 0 aliphatic carbocycles. The van der Waals surface area contributed by atoms with Gasteiger partial charge in [0.05, 0.1) is 16.2 Å². The van der Waals surface area contributed by atoms with Crippen molar-refractivity contribution >= 4 is 17.3 Å². The number of nitro groups is 1. The van der Waals surface area contributed by atoms with E-state index in [2.05, 4.69) is 5.32 Å². The Balaban J connectivity index is 2.87. The van der Waals surface area contributed by atoms with Crippen LogP contribution in [0, 0.1) is 21.4 Å². The van der Waals surface area contributed by atoms with Gasteiger partial charge in [0.1, 0.15) is 12.2 Å². The topological polar surface area (TPSA) is 142 Å². The molecule has 0 bridgehead atoms. The summed E-state index contributed by atoms with van der Waals surface area (Å²) >= 11 is 0. The summed E-state index contributed by atoms with van der Waals surface area (Å²) in [4.78, 5) is 20.5. The van der Waals surface area contributed by atoms with E-state index in [4.69, 9.17) is 16.1 Å². The Labute approximate surface area is 102 Å². The molecule has 8 heteroatoms. The highest BCUT2D eigenvalue weighted by Crippen LogP contribution is 2.21. The number of nitrogens with two attached hydrogens (primary N) is 1. The molecular weight excluding hydrogens is 240 g/mol. The van der Waals surface area contributed by atoms with Gasteiger partial charge >= 0.3 is 0 Å². The molecule has 1 aromatic rings. The number of benzene rings is 1. The molecule has 0 fully saturated rings. The van der Waals surface area contributed by atoms with E-state index in [0.717, 1.165) is 6.07 Å². The van der Waals surface area contributed by atoms with Gasteiger partial charge in [0.15, 0.2) is 0 Å². The highest BCUT2D eigenvalue weighted by atomic mass is 16.6. The molecule has 0 aromatic heterocycles. The molecule has 0 spiro atoms. The number of carbonyl (C=O) groups excluding carboxylic acids is 1. The number of non-ortho nitro benzene ring substituents is 1. The molecule has 1 aromatic carbocycles. The lowest BCUT2D eigenvalue weighted by atomic mass is 10.1. The van der Waals surface area contributed by atoms with Gasteiger partial charge in [-0.15, -0.1) is 0 Å². The number of hydrogen-bond acceptors (Lipinski definition) is 6. The molecule has 0 saturated carbocycles. The van der Waals surface area contributed by atoms with Crippen molar-refractivity contribution in [2.75, 3.05) is 11.9 Å². The number of carbonyl (C=O) groups is 1. The van der Waals surface area contributed by atoms with Crippen LogP contribution in [0.15, 0.2) is 18.2 Å². The van der Waals surface area contributed by atoms with Crippen molar-refractivity contribution in [3.63, 3.8) is 0 Å². The fourth-order valence-electron chi connectivity index (χ4n) is 1.20. The van der Waals surface area contributed by atoms with E-state index in [1.54, 1.807) is 6.07 Å². The van der Waals surface area contributed by atoms with Crippen molar-refractivity contribution in [1.29, 1.82) is 5.26 Å². The van der Waals surface area contributed by atoms with Gasteiger partial charge in [-0.2, -0.15) is 5.26 Å². The summed E-state index contributed by atoms with van der Waals surface area (Å²) in [5.74, 6) is -0.900. The van der Waals surface area contributed by atoms with Crippen LogP contribution in [0.25, 0.3) is 0 Å². The monoisotopic (exact) mass is 250 g/mol. The summed E-state index contributed by atoms with van der Waals surface area (Å²) in [5.41, 5.74) is 4.96. The van der Waals surface area contributed by atoms with Gasteiger partial charge in [0.25, 0.3) is 5.69 Å². The summed E-state index contributed by atoms with van der Waals surface area (Å²) in [6.45, 7) is -0.179. The average Bonchev–Trinajstić information content (AvgIpc) is 2.35. The lowest BCUT2D eigenvalue weighted by Crippen LogP contribution is -2.34. The highest BCUT2D eigenvalue weighted by Gasteiger charge is 2.13. The first-order valence-corrected chi connectivity index (χ1v) is 4.85. The van der Waals surface area contributed by atoms with Crippen molar-refractivity contribution in [2.45, 2.75) is 6.10 Å². The van der Waals surface area contributed by atoms with E-state index in [9.17, 15) is 14.9 Å². The smallest absolute Gasteiger partial charge is 0.270 e. The van der Waals surface area contributed by atoms with E-state index >= 15 is 0 Å². The van der Waals surface area contributed by atoms with Crippen LogP contribution in [-0.4, -0.2) is 28.6 Å². The second-order valence-corrected chi connectivity index (χ2v) is 3.40. The first kappa shape index (κ1) is 13.4. The average molecular weight is 250 g/mol.